The van der Waals surface area contributed by atoms with E-state index in [0.717, 1.165) is 42.8 Å². The van der Waals surface area contributed by atoms with Crippen molar-refractivity contribution in [2.24, 2.45) is 11.3 Å². The van der Waals surface area contributed by atoms with Crippen LogP contribution in [0.25, 0.3) is 10.9 Å². The Hall–Kier alpha value is -6.50. The van der Waals surface area contributed by atoms with Crippen molar-refractivity contribution < 1.29 is 46.6 Å². The van der Waals surface area contributed by atoms with Crippen molar-refractivity contribution in [1.29, 1.82) is 0 Å². The highest BCUT2D eigenvalue weighted by atomic mass is 19.4. The summed E-state index contributed by atoms with van der Waals surface area (Å²) < 4.78 is 53.1. The third-order valence-electron chi connectivity index (χ3n) is 13.2. The van der Waals surface area contributed by atoms with Crippen LogP contribution in [0, 0.1) is 18.3 Å². The number of hydrogen-bond donors (Lipinski definition) is 4. The molecule has 16 nitrogen and oxygen atoms in total. The van der Waals surface area contributed by atoms with E-state index in [1.54, 1.807) is 45.2 Å². The fraction of sp³-hybridized carbons (Fsp3) is 0.468. The molecule has 8 rings (SSSR count). The number of nitrogen functional groups attached to an aromatic ring is 1. The SMILES string of the molecule is CNC(=O)C(CCCN1CCN(c2cccc3c2C(=O)N(C2CCC(=O)NC2=O)C3=O)CC1)CC1(COc2cc3c(NC(C)c4cc(N)cc(C(F)(F)F)c4)nc(C)nc3cc2OC)CC1. The number of nitrogens with zero attached hydrogens (tertiary/aromatic N) is 5. The maximum Gasteiger partial charge on any atom is 0.416 e. The largest absolute Gasteiger partial charge is 0.493 e. The molecule has 3 unspecified atom stereocenters. The Morgan fingerprint density at radius 1 is 1.02 bits per heavy atom. The van der Waals surface area contributed by atoms with Gasteiger partial charge in [0.15, 0.2) is 11.5 Å². The molecule has 5 amide bonds. The van der Waals surface area contributed by atoms with E-state index >= 15 is 0 Å². The quantitative estimate of drug-likeness (QED) is 0.0797. The van der Waals surface area contributed by atoms with Gasteiger partial charge in [-0.15, -0.1) is 0 Å². The normalized spacial score (nSPS) is 19.3. The Balaban J connectivity index is 0.879. The lowest BCUT2D eigenvalue weighted by atomic mass is 9.88. The molecule has 1 saturated carbocycles. The zero-order valence-electron chi connectivity index (χ0n) is 37.3. The molecule has 0 bridgehead atoms. The molecule has 0 spiro atoms. The molecule has 1 aromatic heterocycles. The Bertz CT molecular complexity index is 2580. The minimum Gasteiger partial charge on any atom is -0.493 e. The van der Waals surface area contributed by atoms with Crippen LogP contribution in [0.5, 0.6) is 11.5 Å². The van der Waals surface area contributed by atoms with Crippen LogP contribution in [0.4, 0.5) is 30.4 Å². The summed E-state index contributed by atoms with van der Waals surface area (Å²) in [6.07, 6.45) is -0.573. The summed E-state index contributed by atoms with van der Waals surface area (Å²) in [6, 6.07) is 10.5. The van der Waals surface area contributed by atoms with E-state index < -0.39 is 47.5 Å². The van der Waals surface area contributed by atoms with Crippen molar-refractivity contribution in [3.8, 4) is 11.5 Å². The van der Waals surface area contributed by atoms with E-state index in [1.807, 2.05) is 6.07 Å². The predicted molar refractivity (Wildman–Crippen MR) is 239 cm³/mol. The molecule has 66 heavy (non-hydrogen) atoms. The Kier molecular flexibility index (Phi) is 12.8. The van der Waals surface area contributed by atoms with Gasteiger partial charge in [-0.05, 0) is 101 Å². The predicted octanol–water partition coefficient (Wildman–Crippen LogP) is 5.64. The Morgan fingerprint density at radius 3 is 2.45 bits per heavy atom. The maximum atomic E-state index is 13.7. The number of carbonyl (C=O) groups is 5. The van der Waals surface area contributed by atoms with E-state index in [1.165, 1.54) is 13.2 Å². The summed E-state index contributed by atoms with van der Waals surface area (Å²) in [5.74, 6) is -0.652. The van der Waals surface area contributed by atoms with Crippen molar-refractivity contribution in [1.82, 2.24) is 30.4 Å². The molecule has 1 aliphatic carbocycles. The van der Waals surface area contributed by atoms with Gasteiger partial charge in [0.1, 0.15) is 17.7 Å². The molecule has 5 N–H and O–H groups in total. The average molecular weight is 914 g/mol. The lowest BCUT2D eigenvalue weighted by molar-refractivity contribution is -0.138. The minimum absolute atomic E-state index is 0.00280. The van der Waals surface area contributed by atoms with Gasteiger partial charge in [-0.2, -0.15) is 13.2 Å². The molecular weight excluding hydrogens is 860 g/mol. The van der Waals surface area contributed by atoms with Crippen LogP contribution in [0.2, 0.25) is 0 Å². The lowest BCUT2D eigenvalue weighted by Crippen LogP contribution is -2.54. The summed E-state index contributed by atoms with van der Waals surface area (Å²) in [5.41, 5.74) is 6.87. The second-order valence-corrected chi connectivity index (χ2v) is 17.8. The number of hydrogen-bond acceptors (Lipinski definition) is 13. The first kappa shape index (κ1) is 46.0. The number of amides is 5. The van der Waals surface area contributed by atoms with Crippen LogP contribution in [0.3, 0.4) is 0 Å². The fourth-order valence-electron chi connectivity index (χ4n) is 9.42. The highest BCUT2D eigenvalue weighted by Gasteiger charge is 2.47. The summed E-state index contributed by atoms with van der Waals surface area (Å²) in [6.45, 7) is 7.20. The highest BCUT2D eigenvalue weighted by Crippen LogP contribution is 2.52. The summed E-state index contributed by atoms with van der Waals surface area (Å²) in [7, 11) is 3.18. The van der Waals surface area contributed by atoms with Gasteiger partial charge in [-0.1, -0.05) is 6.07 Å². The van der Waals surface area contributed by atoms with Crippen molar-refractivity contribution in [3.63, 3.8) is 0 Å². The monoisotopic (exact) mass is 913 g/mol. The first-order valence-corrected chi connectivity index (χ1v) is 22.2. The number of halogens is 3. The molecule has 4 aliphatic rings. The molecule has 2 saturated heterocycles. The number of nitrogens with one attached hydrogen (secondary N) is 3. The number of anilines is 3. The molecule has 0 radical (unpaired) electrons. The van der Waals surface area contributed by atoms with Gasteiger partial charge in [-0.3, -0.25) is 39.1 Å². The second-order valence-electron chi connectivity index (χ2n) is 17.8. The minimum atomic E-state index is -4.56. The fourth-order valence-corrected chi connectivity index (χ4v) is 9.42. The van der Waals surface area contributed by atoms with Crippen LogP contribution in [0.15, 0.2) is 48.5 Å². The number of imide groups is 2. The number of methoxy groups -OCH3 is 1. The molecule has 4 heterocycles. The number of ether oxygens (including phenoxy) is 2. The van der Waals surface area contributed by atoms with Gasteiger partial charge in [0.2, 0.25) is 17.7 Å². The van der Waals surface area contributed by atoms with Crippen molar-refractivity contribution >= 4 is 57.6 Å². The van der Waals surface area contributed by atoms with Crippen LogP contribution >= 0.6 is 0 Å². The average Bonchev–Trinajstić information content (AvgIpc) is 4.01. The number of aromatic nitrogens is 2. The van der Waals surface area contributed by atoms with Gasteiger partial charge >= 0.3 is 6.18 Å². The molecule has 3 atom stereocenters. The molecule has 19 heteroatoms. The van der Waals surface area contributed by atoms with Gasteiger partial charge in [-0.25, -0.2) is 9.97 Å². The van der Waals surface area contributed by atoms with Gasteiger partial charge in [0.05, 0.1) is 47.7 Å². The van der Waals surface area contributed by atoms with Gasteiger partial charge < -0.3 is 30.7 Å². The Labute approximate surface area is 379 Å². The number of piperazine rings is 1. The first-order chi connectivity index (χ1) is 31.5. The number of piperidine rings is 1. The number of alkyl halides is 3. The molecule has 3 aromatic carbocycles. The number of nitrogens with two attached hydrogens (primary N) is 1. The number of benzene rings is 3. The van der Waals surface area contributed by atoms with E-state index in [9.17, 15) is 37.1 Å². The van der Waals surface area contributed by atoms with Crippen molar-refractivity contribution in [3.05, 3.63) is 76.6 Å². The summed E-state index contributed by atoms with van der Waals surface area (Å²) in [4.78, 5) is 79.3. The number of rotatable bonds is 16. The molecule has 4 aromatic rings. The topological polar surface area (TPSA) is 201 Å². The number of aryl methyl sites for hydroxylation is 1. The Morgan fingerprint density at radius 2 is 1.77 bits per heavy atom. The third kappa shape index (κ3) is 9.57. The standard InChI is InChI=1S/C47H54F3N9O7/c1-26(29-19-30(47(48,49)50)21-31(51)20-29)53-41-33-22-38(37(65-4)23-34(33)54-27(2)55-41)66-25-46(12-13-46)24-28(42(61)52-3)7-6-14-57-15-17-58(18-16-57)35-9-5-8-32-40(35)45(64)59(44(32)63)36-10-11-39(60)56-43(36)62/h5,8-9,19-23,26,28,36H,6-7,10-18,24-25,51H2,1-4H3,(H,52,61)(H,53,54,55)(H,56,60,62). The summed E-state index contributed by atoms with van der Waals surface area (Å²) in [5, 5.41) is 8.94. The van der Waals surface area contributed by atoms with E-state index in [-0.39, 0.29) is 46.9 Å². The van der Waals surface area contributed by atoms with Crippen LogP contribution in [-0.2, 0) is 20.6 Å². The van der Waals surface area contributed by atoms with E-state index in [2.05, 4.69) is 35.7 Å². The first-order valence-electron chi connectivity index (χ1n) is 22.2. The smallest absolute Gasteiger partial charge is 0.416 e. The van der Waals surface area contributed by atoms with Crippen LogP contribution in [0.1, 0.15) is 95.6 Å². The second kappa shape index (κ2) is 18.4. The molecular formula is C47H54F3N9O7. The molecule has 350 valence electrons. The van der Waals surface area contributed by atoms with Gasteiger partial charge in [0, 0.05) is 68.1 Å². The van der Waals surface area contributed by atoms with Crippen LogP contribution in [-0.4, -0.2) is 109 Å². The molecule has 3 fully saturated rings. The number of fused-ring (bicyclic) bond motifs is 2. The van der Waals surface area contributed by atoms with Gasteiger partial charge in [0.25, 0.3) is 11.8 Å². The van der Waals surface area contributed by atoms with E-state index in [0.29, 0.717) is 90.9 Å². The summed E-state index contributed by atoms with van der Waals surface area (Å²) >= 11 is 0. The zero-order chi connectivity index (χ0) is 47.1. The highest BCUT2D eigenvalue weighted by molar-refractivity contribution is 6.25. The molecule has 3 aliphatic heterocycles. The maximum absolute atomic E-state index is 13.7. The van der Waals surface area contributed by atoms with Crippen molar-refractivity contribution in [2.45, 2.75) is 77.1 Å². The van der Waals surface area contributed by atoms with Crippen LogP contribution < -0.4 is 36.1 Å². The number of carbonyl (C=O) groups excluding carboxylic acids is 5. The lowest BCUT2D eigenvalue weighted by Gasteiger charge is -2.37. The van der Waals surface area contributed by atoms with Crippen molar-refractivity contribution in [2.75, 3.05) is 69.4 Å². The third-order valence-corrected chi connectivity index (χ3v) is 13.2. The van der Waals surface area contributed by atoms with E-state index in [4.69, 9.17) is 15.2 Å². The zero-order valence-corrected chi connectivity index (χ0v) is 37.3.